The maximum absolute atomic E-state index is 4.37. The van der Waals surface area contributed by atoms with E-state index < -0.39 is 0 Å². The predicted molar refractivity (Wildman–Crippen MR) is 67.9 cm³/mol. The molecule has 88 valence electrons. The normalized spacial score (nSPS) is 25.8. The van der Waals surface area contributed by atoms with E-state index in [-0.39, 0.29) is 0 Å². The van der Waals surface area contributed by atoms with Gasteiger partial charge < -0.3 is 10.2 Å². The highest BCUT2D eigenvalue weighted by Gasteiger charge is 2.25. The SMILES string of the molecule is CNC1CCN(c2cccnc2C)C(C)C1. The van der Waals surface area contributed by atoms with E-state index in [4.69, 9.17) is 0 Å². The van der Waals surface area contributed by atoms with E-state index in [0.29, 0.717) is 12.1 Å². The topological polar surface area (TPSA) is 28.2 Å². The summed E-state index contributed by atoms with van der Waals surface area (Å²) >= 11 is 0. The average molecular weight is 219 g/mol. The number of anilines is 1. The lowest BCUT2D eigenvalue weighted by Gasteiger charge is -2.39. The fraction of sp³-hybridized carbons (Fsp3) is 0.615. The molecule has 2 unspecified atom stereocenters. The summed E-state index contributed by atoms with van der Waals surface area (Å²) < 4.78 is 0. The van der Waals surface area contributed by atoms with Gasteiger partial charge in [-0.2, -0.15) is 0 Å². The molecule has 2 rings (SSSR count). The third-order valence-corrected chi connectivity index (χ3v) is 3.57. The molecule has 1 N–H and O–H groups in total. The molecule has 0 saturated carbocycles. The molecular formula is C13H21N3. The summed E-state index contributed by atoms with van der Waals surface area (Å²) in [7, 11) is 2.06. The van der Waals surface area contributed by atoms with Crippen LogP contribution in [0, 0.1) is 6.92 Å². The lowest BCUT2D eigenvalue weighted by molar-refractivity contribution is 0.386. The van der Waals surface area contributed by atoms with Crippen LogP contribution in [0.25, 0.3) is 0 Å². The number of nitrogens with one attached hydrogen (secondary N) is 1. The fourth-order valence-corrected chi connectivity index (χ4v) is 2.57. The Balaban J connectivity index is 2.14. The van der Waals surface area contributed by atoms with Crippen LogP contribution >= 0.6 is 0 Å². The van der Waals surface area contributed by atoms with Crippen LogP contribution < -0.4 is 10.2 Å². The van der Waals surface area contributed by atoms with E-state index in [0.717, 1.165) is 12.2 Å². The zero-order valence-corrected chi connectivity index (χ0v) is 10.4. The van der Waals surface area contributed by atoms with Crippen LogP contribution in [-0.4, -0.2) is 30.7 Å². The minimum atomic E-state index is 0.592. The summed E-state index contributed by atoms with van der Waals surface area (Å²) in [5.41, 5.74) is 2.43. The van der Waals surface area contributed by atoms with Gasteiger partial charge in [0.15, 0.2) is 0 Å². The number of hydrogen-bond acceptors (Lipinski definition) is 3. The fourth-order valence-electron chi connectivity index (χ4n) is 2.57. The molecule has 3 heteroatoms. The molecule has 1 saturated heterocycles. The van der Waals surface area contributed by atoms with Gasteiger partial charge in [0.25, 0.3) is 0 Å². The molecule has 2 atom stereocenters. The van der Waals surface area contributed by atoms with E-state index in [1.54, 1.807) is 0 Å². The van der Waals surface area contributed by atoms with Crippen molar-refractivity contribution in [2.24, 2.45) is 0 Å². The van der Waals surface area contributed by atoms with Gasteiger partial charge in [0, 0.05) is 24.8 Å². The summed E-state index contributed by atoms with van der Waals surface area (Å²) in [5, 5.41) is 3.38. The van der Waals surface area contributed by atoms with Crippen LogP contribution in [0.15, 0.2) is 18.3 Å². The second-order valence-electron chi connectivity index (χ2n) is 4.66. The Morgan fingerprint density at radius 1 is 1.50 bits per heavy atom. The van der Waals surface area contributed by atoms with Crippen molar-refractivity contribution in [3.05, 3.63) is 24.0 Å². The molecule has 0 amide bonds. The van der Waals surface area contributed by atoms with Gasteiger partial charge in [-0.25, -0.2) is 0 Å². The molecule has 0 spiro atoms. The first kappa shape index (κ1) is 11.4. The van der Waals surface area contributed by atoms with Crippen LogP contribution in [-0.2, 0) is 0 Å². The molecule has 1 aromatic rings. The number of aryl methyl sites for hydroxylation is 1. The van der Waals surface area contributed by atoms with Crippen molar-refractivity contribution in [2.75, 3.05) is 18.5 Å². The zero-order chi connectivity index (χ0) is 11.5. The first-order chi connectivity index (χ1) is 7.72. The largest absolute Gasteiger partial charge is 0.367 e. The summed E-state index contributed by atoms with van der Waals surface area (Å²) in [6.45, 7) is 5.52. The molecule has 16 heavy (non-hydrogen) atoms. The second-order valence-corrected chi connectivity index (χ2v) is 4.66. The van der Waals surface area contributed by atoms with Crippen molar-refractivity contribution in [2.45, 2.75) is 38.8 Å². The van der Waals surface area contributed by atoms with Gasteiger partial charge in [0.05, 0.1) is 11.4 Å². The van der Waals surface area contributed by atoms with E-state index in [2.05, 4.69) is 42.2 Å². The molecule has 1 fully saturated rings. The van der Waals surface area contributed by atoms with Crippen LogP contribution in [0.2, 0.25) is 0 Å². The molecule has 3 nitrogen and oxygen atoms in total. The van der Waals surface area contributed by atoms with Gasteiger partial charge >= 0.3 is 0 Å². The quantitative estimate of drug-likeness (QED) is 0.824. The van der Waals surface area contributed by atoms with Crippen molar-refractivity contribution in [3.63, 3.8) is 0 Å². The summed E-state index contributed by atoms with van der Waals surface area (Å²) in [4.78, 5) is 6.85. The molecule has 0 bridgehead atoms. The van der Waals surface area contributed by atoms with E-state index in [1.807, 2.05) is 12.3 Å². The van der Waals surface area contributed by atoms with Gasteiger partial charge in [-0.05, 0) is 45.9 Å². The zero-order valence-electron chi connectivity index (χ0n) is 10.4. The van der Waals surface area contributed by atoms with E-state index in [9.17, 15) is 0 Å². The predicted octanol–water partition coefficient (Wildman–Crippen LogP) is 1.97. The van der Waals surface area contributed by atoms with Crippen molar-refractivity contribution in [1.82, 2.24) is 10.3 Å². The van der Waals surface area contributed by atoms with Crippen molar-refractivity contribution < 1.29 is 0 Å². The molecule has 1 aliphatic heterocycles. The van der Waals surface area contributed by atoms with Gasteiger partial charge in [-0.15, -0.1) is 0 Å². The van der Waals surface area contributed by atoms with Crippen LogP contribution in [0.3, 0.4) is 0 Å². The van der Waals surface area contributed by atoms with Crippen molar-refractivity contribution in [1.29, 1.82) is 0 Å². The van der Waals surface area contributed by atoms with Gasteiger partial charge in [0.1, 0.15) is 0 Å². The van der Waals surface area contributed by atoms with Crippen LogP contribution in [0.4, 0.5) is 5.69 Å². The standard InChI is InChI=1S/C13H21N3/c1-10-9-12(14-3)6-8-16(10)13-5-4-7-15-11(13)2/h4-5,7,10,12,14H,6,8-9H2,1-3H3. The number of aromatic nitrogens is 1. The van der Waals surface area contributed by atoms with Crippen LogP contribution in [0.1, 0.15) is 25.5 Å². The highest BCUT2D eigenvalue weighted by atomic mass is 15.2. The maximum atomic E-state index is 4.37. The van der Waals surface area contributed by atoms with Crippen LogP contribution in [0.5, 0.6) is 0 Å². The second kappa shape index (κ2) is 4.83. The number of rotatable bonds is 2. The third-order valence-electron chi connectivity index (χ3n) is 3.57. The average Bonchev–Trinajstić information content (AvgIpc) is 2.30. The first-order valence-electron chi connectivity index (χ1n) is 6.08. The minimum Gasteiger partial charge on any atom is -0.367 e. The number of piperidine rings is 1. The van der Waals surface area contributed by atoms with Gasteiger partial charge in [0.2, 0.25) is 0 Å². The smallest absolute Gasteiger partial charge is 0.0605 e. The summed E-state index contributed by atoms with van der Waals surface area (Å²) in [5.74, 6) is 0. The number of hydrogen-bond donors (Lipinski definition) is 1. The molecule has 0 aromatic carbocycles. The van der Waals surface area contributed by atoms with E-state index >= 15 is 0 Å². The molecule has 1 aromatic heterocycles. The Hall–Kier alpha value is -1.09. The number of nitrogens with zero attached hydrogens (tertiary/aromatic N) is 2. The van der Waals surface area contributed by atoms with Crippen molar-refractivity contribution >= 4 is 5.69 Å². The molecule has 2 heterocycles. The Kier molecular flexibility index (Phi) is 3.44. The molecule has 0 aliphatic carbocycles. The first-order valence-corrected chi connectivity index (χ1v) is 6.08. The monoisotopic (exact) mass is 219 g/mol. The minimum absolute atomic E-state index is 0.592. The Morgan fingerprint density at radius 3 is 2.94 bits per heavy atom. The molecule has 1 aliphatic rings. The Labute approximate surface area is 97.9 Å². The Morgan fingerprint density at radius 2 is 2.31 bits per heavy atom. The third kappa shape index (κ3) is 2.19. The van der Waals surface area contributed by atoms with E-state index in [1.165, 1.54) is 18.5 Å². The summed E-state index contributed by atoms with van der Waals surface area (Å²) in [6.07, 6.45) is 4.30. The maximum Gasteiger partial charge on any atom is 0.0605 e. The molecule has 0 radical (unpaired) electrons. The van der Waals surface area contributed by atoms with Gasteiger partial charge in [-0.3, -0.25) is 4.98 Å². The molecular weight excluding hydrogens is 198 g/mol. The Bertz CT molecular complexity index is 351. The lowest BCUT2D eigenvalue weighted by atomic mass is 9.97. The highest BCUT2D eigenvalue weighted by Crippen LogP contribution is 2.26. The lowest BCUT2D eigenvalue weighted by Crippen LogP contribution is -2.46. The highest BCUT2D eigenvalue weighted by molar-refractivity contribution is 5.51. The number of pyridine rings is 1. The van der Waals surface area contributed by atoms with Gasteiger partial charge in [-0.1, -0.05) is 0 Å². The summed E-state index contributed by atoms with van der Waals surface area (Å²) in [6, 6.07) is 5.47. The van der Waals surface area contributed by atoms with Crippen molar-refractivity contribution in [3.8, 4) is 0 Å².